The van der Waals surface area contributed by atoms with E-state index in [4.69, 9.17) is 11.6 Å². The van der Waals surface area contributed by atoms with Gasteiger partial charge in [0.15, 0.2) is 0 Å². The molecule has 1 heterocycles. The van der Waals surface area contributed by atoms with Crippen molar-refractivity contribution in [2.24, 2.45) is 0 Å². The van der Waals surface area contributed by atoms with Crippen molar-refractivity contribution in [3.05, 3.63) is 28.5 Å². The van der Waals surface area contributed by atoms with Crippen molar-refractivity contribution >= 4 is 11.6 Å². The number of aromatic nitrogens is 1. The summed E-state index contributed by atoms with van der Waals surface area (Å²) in [5, 5.41) is 0.0191. The standard InChI is InChI=1S/C7H6ClF2N/c1-4-2-5(7(9)10)6(8)3-11-4/h2-3,7H,1H3. The van der Waals surface area contributed by atoms with E-state index in [-0.39, 0.29) is 10.6 Å². The first-order valence-electron chi connectivity index (χ1n) is 3.01. The van der Waals surface area contributed by atoms with Gasteiger partial charge in [0.2, 0.25) is 0 Å². The van der Waals surface area contributed by atoms with Crippen molar-refractivity contribution in [1.29, 1.82) is 0 Å². The molecular weight excluding hydrogens is 172 g/mol. The van der Waals surface area contributed by atoms with Crippen molar-refractivity contribution in [1.82, 2.24) is 4.98 Å². The van der Waals surface area contributed by atoms with Crippen molar-refractivity contribution in [2.45, 2.75) is 13.3 Å². The number of alkyl halides is 2. The monoisotopic (exact) mass is 177 g/mol. The summed E-state index contributed by atoms with van der Waals surface area (Å²) in [7, 11) is 0. The number of rotatable bonds is 1. The molecule has 0 aliphatic carbocycles. The highest BCUT2D eigenvalue weighted by molar-refractivity contribution is 6.31. The second-order valence-electron chi connectivity index (χ2n) is 2.15. The van der Waals surface area contributed by atoms with Gasteiger partial charge in [-0.25, -0.2) is 8.78 Å². The maximum atomic E-state index is 12.1. The molecule has 0 atom stereocenters. The topological polar surface area (TPSA) is 12.9 Å². The van der Waals surface area contributed by atoms with Crippen LogP contribution in [-0.4, -0.2) is 4.98 Å². The summed E-state index contributed by atoms with van der Waals surface area (Å²) < 4.78 is 24.2. The molecule has 0 N–H and O–H groups in total. The number of hydrogen-bond acceptors (Lipinski definition) is 1. The first kappa shape index (κ1) is 8.40. The van der Waals surface area contributed by atoms with Crippen LogP contribution in [0, 0.1) is 6.92 Å². The Labute approximate surface area is 68.0 Å². The van der Waals surface area contributed by atoms with E-state index in [9.17, 15) is 8.78 Å². The molecule has 0 aliphatic heterocycles. The Balaban J connectivity index is 3.13. The van der Waals surface area contributed by atoms with Gasteiger partial charge in [-0.15, -0.1) is 0 Å². The lowest BCUT2D eigenvalue weighted by Crippen LogP contribution is -1.89. The molecule has 1 aromatic heterocycles. The van der Waals surface area contributed by atoms with E-state index in [0.717, 1.165) is 0 Å². The molecule has 0 unspecified atom stereocenters. The van der Waals surface area contributed by atoms with Gasteiger partial charge in [-0.1, -0.05) is 11.6 Å². The number of pyridine rings is 1. The fraction of sp³-hybridized carbons (Fsp3) is 0.286. The Morgan fingerprint density at radius 1 is 1.55 bits per heavy atom. The van der Waals surface area contributed by atoms with Gasteiger partial charge < -0.3 is 0 Å². The molecule has 60 valence electrons. The van der Waals surface area contributed by atoms with E-state index in [0.29, 0.717) is 5.69 Å². The molecule has 11 heavy (non-hydrogen) atoms. The third-order valence-electron chi connectivity index (χ3n) is 1.26. The van der Waals surface area contributed by atoms with Gasteiger partial charge in [-0.3, -0.25) is 4.98 Å². The minimum absolute atomic E-state index is 0.0191. The van der Waals surface area contributed by atoms with Crippen molar-refractivity contribution in [2.75, 3.05) is 0 Å². The second kappa shape index (κ2) is 3.13. The number of nitrogens with zero attached hydrogens (tertiary/aromatic N) is 1. The number of hydrogen-bond donors (Lipinski definition) is 0. The van der Waals surface area contributed by atoms with Gasteiger partial charge in [0.25, 0.3) is 6.43 Å². The maximum absolute atomic E-state index is 12.1. The molecule has 1 rings (SSSR count). The van der Waals surface area contributed by atoms with E-state index < -0.39 is 6.43 Å². The summed E-state index contributed by atoms with van der Waals surface area (Å²) in [6.45, 7) is 1.64. The lowest BCUT2D eigenvalue weighted by molar-refractivity contribution is 0.151. The van der Waals surface area contributed by atoms with Crippen LogP contribution >= 0.6 is 11.6 Å². The fourth-order valence-electron chi connectivity index (χ4n) is 0.732. The van der Waals surface area contributed by atoms with Crippen LogP contribution in [-0.2, 0) is 0 Å². The van der Waals surface area contributed by atoms with Crippen molar-refractivity contribution in [3.63, 3.8) is 0 Å². The molecule has 0 aliphatic rings. The van der Waals surface area contributed by atoms with Crippen LogP contribution in [0.4, 0.5) is 8.78 Å². The number of aryl methyl sites for hydroxylation is 1. The smallest absolute Gasteiger partial charge is 0.260 e. The third kappa shape index (κ3) is 1.87. The summed E-state index contributed by atoms with van der Waals surface area (Å²) in [5.41, 5.74) is 0.392. The first-order valence-corrected chi connectivity index (χ1v) is 3.39. The minimum Gasteiger partial charge on any atom is -0.260 e. The van der Waals surface area contributed by atoms with E-state index >= 15 is 0 Å². The Hall–Kier alpha value is -0.700. The quantitative estimate of drug-likeness (QED) is 0.643. The maximum Gasteiger partial charge on any atom is 0.265 e. The van der Waals surface area contributed by atoms with Gasteiger partial charge in [-0.2, -0.15) is 0 Å². The summed E-state index contributed by atoms with van der Waals surface area (Å²) in [5.74, 6) is 0. The molecule has 0 bridgehead atoms. The van der Waals surface area contributed by atoms with Crippen LogP contribution in [0.3, 0.4) is 0 Å². The molecule has 1 aromatic rings. The zero-order valence-electron chi connectivity index (χ0n) is 5.81. The zero-order valence-corrected chi connectivity index (χ0v) is 6.57. The van der Waals surface area contributed by atoms with Gasteiger partial charge >= 0.3 is 0 Å². The molecule has 4 heteroatoms. The van der Waals surface area contributed by atoms with Gasteiger partial charge in [0.05, 0.1) is 5.02 Å². The van der Waals surface area contributed by atoms with Crippen LogP contribution in [0.5, 0.6) is 0 Å². The molecule has 0 fully saturated rings. The minimum atomic E-state index is -2.52. The van der Waals surface area contributed by atoms with Gasteiger partial charge in [0.1, 0.15) is 0 Å². The molecule has 0 aromatic carbocycles. The van der Waals surface area contributed by atoms with Crippen molar-refractivity contribution in [3.8, 4) is 0 Å². The van der Waals surface area contributed by atoms with E-state index in [1.54, 1.807) is 6.92 Å². The summed E-state index contributed by atoms with van der Waals surface area (Å²) >= 11 is 5.45. The van der Waals surface area contributed by atoms with E-state index in [1.807, 2.05) is 0 Å². The predicted molar refractivity (Wildman–Crippen MR) is 38.9 cm³/mol. The molecule has 0 saturated carbocycles. The van der Waals surface area contributed by atoms with E-state index in [1.165, 1.54) is 12.3 Å². The lowest BCUT2D eigenvalue weighted by Gasteiger charge is -2.01. The van der Waals surface area contributed by atoms with Gasteiger partial charge in [-0.05, 0) is 13.0 Å². The lowest BCUT2D eigenvalue weighted by atomic mass is 10.2. The molecule has 0 spiro atoms. The third-order valence-corrected chi connectivity index (χ3v) is 1.57. The fourth-order valence-corrected chi connectivity index (χ4v) is 0.917. The first-order chi connectivity index (χ1) is 5.11. The van der Waals surface area contributed by atoms with Crippen LogP contribution < -0.4 is 0 Å². The highest BCUT2D eigenvalue weighted by atomic mass is 35.5. The molecule has 0 saturated heterocycles. The molecule has 1 nitrogen and oxygen atoms in total. The van der Waals surface area contributed by atoms with E-state index in [2.05, 4.69) is 4.98 Å². The number of halogens is 3. The van der Waals surface area contributed by atoms with Crippen LogP contribution in [0.15, 0.2) is 12.3 Å². The highest BCUT2D eigenvalue weighted by Crippen LogP contribution is 2.26. The average Bonchev–Trinajstić information content (AvgIpc) is 1.94. The van der Waals surface area contributed by atoms with Gasteiger partial charge in [0, 0.05) is 17.5 Å². The Morgan fingerprint density at radius 2 is 2.18 bits per heavy atom. The SMILES string of the molecule is Cc1cc(C(F)F)c(Cl)cn1. The summed E-state index contributed by atoms with van der Waals surface area (Å²) in [4.78, 5) is 3.76. The molecule has 0 radical (unpaired) electrons. The molecule has 0 amide bonds. The molecular formula is C7H6ClF2N. The van der Waals surface area contributed by atoms with Crippen molar-refractivity contribution < 1.29 is 8.78 Å². The Morgan fingerprint density at radius 3 is 2.64 bits per heavy atom. The van der Waals surface area contributed by atoms with Crippen LogP contribution in [0.1, 0.15) is 17.7 Å². The predicted octanol–water partition coefficient (Wildman–Crippen LogP) is 2.98. The normalized spacial score (nSPS) is 10.6. The highest BCUT2D eigenvalue weighted by Gasteiger charge is 2.11. The Kier molecular flexibility index (Phi) is 2.39. The average molecular weight is 178 g/mol. The largest absolute Gasteiger partial charge is 0.265 e. The summed E-state index contributed by atoms with van der Waals surface area (Å²) in [6, 6.07) is 1.28. The summed E-state index contributed by atoms with van der Waals surface area (Å²) in [6.07, 6.45) is -1.29. The second-order valence-corrected chi connectivity index (χ2v) is 2.56. The van der Waals surface area contributed by atoms with Crippen LogP contribution in [0.2, 0.25) is 5.02 Å². The zero-order chi connectivity index (χ0) is 8.43. The Bertz CT molecular complexity index is 263. The van der Waals surface area contributed by atoms with Crippen LogP contribution in [0.25, 0.3) is 0 Å².